The molecule has 0 aromatic heterocycles. The van der Waals surface area contributed by atoms with Crippen LogP contribution in [0.25, 0.3) is 0 Å². The summed E-state index contributed by atoms with van der Waals surface area (Å²) >= 11 is 5.95. The van der Waals surface area contributed by atoms with Crippen LogP contribution in [0.2, 0.25) is 5.02 Å². The second-order valence-corrected chi connectivity index (χ2v) is 9.08. The fraction of sp³-hybridized carbons (Fsp3) is 0.280. The normalized spacial score (nSPS) is 25.4. The van der Waals surface area contributed by atoms with Gasteiger partial charge in [-0.3, -0.25) is 19.2 Å². The SMILES string of the molecule is Cc1ccc(C(=O)CN(C(=O)c2ccc(Cl)cc2)N2C(=O)C3C4C=CC(C4)C3C2=O)cc1. The molecule has 5 rings (SSSR count). The first-order valence-electron chi connectivity index (χ1n) is 10.6. The van der Waals surface area contributed by atoms with Gasteiger partial charge in [0.1, 0.15) is 6.54 Å². The molecule has 4 unspecified atom stereocenters. The van der Waals surface area contributed by atoms with E-state index in [0.29, 0.717) is 10.6 Å². The van der Waals surface area contributed by atoms with Crippen molar-refractivity contribution in [2.45, 2.75) is 13.3 Å². The standard InChI is InChI=1S/C25H21ClN2O4/c1-14-2-4-15(5-3-14)20(29)13-27(23(30)16-8-10-19(26)11-9-16)28-24(31)21-17-6-7-18(12-17)22(21)25(28)32/h2-11,17-18,21-22H,12-13H2,1H3. The summed E-state index contributed by atoms with van der Waals surface area (Å²) in [5.41, 5.74) is 1.65. The van der Waals surface area contributed by atoms with Gasteiger partial charge in [-0.15, -0.1) is 0 Å². The molecule has 2 aromatic carbocycles. The number of Topliss-reactive ketones (excluding diaryl/α,β-unsaturated/α-hetero) is 1. The number of rotatable bonds is 5. The second-order valence-electron chi connectivity index (χ2n) is 8.65. The zero-order valence-electron chi connectivity index (χ0n) is 17.4. The predicted octanol–water partition coefficient (Wildman–Crippen LogP) is 3.70. The van der Waals surface area contributed by atoms with Crippen LogP contribution in [0.1, 0.15) is 32.7 Å². The van der Waals surface area contributed by atoms with Crippen LogP contribution in [-0.4, -0.2) is 40.1 Å². The Balaban J connectivity index is 1.49. The van der Waals surface area contributed by atoms with Crippen molar-refractivity contribution < 1.29 is 19.2 Å². The maximum Gasteiger partial charge on any atom is 0.273 e. The number of imide groups is 1. The topological polar surface area (TPSA) is 74.8 Å². The van der Waals surface area contributed by atoms with Crippen LogP contribution < -0.4 is 0 Å². The van der Waals surface area contributed by atoms with Gasteiger partial charge in [0, 0.05) is 16.1 Å². The summed E-state index contributed by atoms with van der Waals surface area (Å²) < 4.78 is 0. The molecule has 0 spiro atoms. The summed E-state index contributed by atoms with van der Waals surface area (Å²) in [7, 11) is 0. The quantitative estimate of drug-likeness (QED) is 0.397. The fourth-order valence-corrected chi connectivity index (χ4v) is 5.19. The molecule has 2 bridgehead atoms. The third-order valence-corrected chi connectivity index (χ3v) is 6.93. The molecule has 1 aliphatic heterocycles. The number of fused-ring (bicyclic) bond motifs is 5. The summed E-state index contributed by atoms with van der Waals surface area (Å²) in [6.07, 6.45) is 4.76. The average molecular weight is 449 g/mol. The number of carbonyl (C=O) groups is 4. The molecule has 0 radical (unpaired) electrons. The van der Waals surface area contributed by atoms with E-state index in [2.05, 4.69) is 0 Å². The van der Waals surface area contributed by atoms with Gasteiger partial charge < -0.3 is 0 Å². The first-order chi connectivity index (χ1) is 15.3. The van der Waals surface area contributed by atoms with Gasteiger partial charge in [0.25, 0.3) is 17.7 Å². The summed E-state index contributed by atoms with van der Waals surface area (Å²) in [5, 5.41) is 2.38. The number of carbonyl (C=O) groups excluding carboxylic acids is 4. The Kier molecular flexibility index (Phi) is 4.97. The predicted molar refractivity (Wildman–Crippen MR) is 118 cm³/mol. The van der Waals surface area contributed by atoms with Crippen LogP contribution in [0.5, 0.6) is 0 Å². The molecule has 1 saturated heterocycles. The molecular weight excluding hydrogens is 428 g/mol. The van der Waals surface area contributed by atoms with E-state index in [1.807, 2.05) is 19.1 Å². The minimum absolute atomic E-state index is 0.00624. The lowest BCUT2D eigenvalue weighted by atomic mass is 9.85. The molecule has 4 atom stereocenters. The van der Waals surface area contributed by atoms with Crippen LogP contribution in [0.4, 0.5) is 0 Å². The number of nitrogens with zero attached hydrogens (tertiary/aromatic N) is 2. The van der Waals surface area contributed by atoms with Crippen LogP contribution in [0, 0.1) is 30.6 Å². The highest BCUT2D eigenvalue weighted by Gasteiger charge is 2.61. The number of aryl methyl sites for hydroxylation is 1. The van der Waals surface area contributed by atoms with Gasteiger partial charge in [0.05, 0.1) is 11.8 Å². The van der Waals surface area contributed by atoms with Crippen molar-refractivity contribution in [3.8, 4) is 0 Å². The lowest BCUT2D eigenvalue weighted by Crippen LogP contribution is -2.52. The monoisotopic (exact) mass is 448 g/mol. The number of amides is 3. The third-order valence-electron chi connectivity index (χ3n) is 6.68. The van der Waals surface area contributed by atoms with E-state index < -0.39 is 36.1 Å². The molecular formula is C25H21ClN2O4. The van der Waals surface area contributed by atoms with Crippen LogP contribution in [0.3, 0.4) is 0 Å². The molecule has 2 aliphatic carbocycles. The van der Waals surface area contributed by atoms with Crippen molar-refractivity contribution in [3.63, 3.8) is 0 Å². The van der Waals surface area contributed by atoms with Crippen molar-refractivity contribution in [1.29, 1.82) is 0 Å². The van der Waals surface area contributed by atoms with Gasteiger partial charge in [-0.25, -0.2) is 5.01 Å². The molecule has 7 heteroatoms. The lowest BCUT2D eigenvalue weighted by Gasteiger charge is -2.30. The molecule has 0 N–H and O–H groups in total. The van der Waals surface area contributed by atoms with Crippen molar-refractivity contribution in [2.24, 2.45) is 23.7 Å². The van der Waals surface area contributed by atoms with Crippen molar-refractivity contribution in [2.75, 3.05) is 6.54 Å². The van der Waals surface area contributed by atoms with E-state index in [9.17, 15) is 19.2 Å². The van der Waals surface area contributed by atoms with Crippen LogP contribution >= 0.6 is 11.6 Å². The zero-order chi connectivity index (χ0) is 22.6. The van der Waals surface area contributed by atoms with E-state index in [1.165, 1.54) is 12.1 Å². The summed E-state index contributed by atoms with van der Waals surface area (Å²) in [6, 6.07) is 13.1. The number of hydrogen-bond donors (Lipinski definition) is 0. The van der Waals surface area contributed by atoms with E-state index in [-0.39, 0.29) is 23.2 Å². The highest BCUT2D eigenvalue weighted by molar-refractivity contribution is 6.30. The van der Waals surface area contributed by atoms with Gasteiger partial charge in [-0.1, -0.05) is 53.6 Å². The molecule has 3 aliphatic rings. The Morgan fingerprint density at radius 3 is 2.00 bits per heavy atom. The number of benzene rings is 2. The Labute approximate surface area is 190 Å². The van der Waals surface area contributed by atoms with E-state index in [0.717, 1.165) is 22.0 Å². The smallest absolute Gasteiger partial charge is 0.273 e. The van der Waals surface area contributed by atoms with Gasteiger partial charge in [0.15, 0.2) is 5.78 Å². The number of hydrogen-bond acceptors (Lipinski definition) is 4. The third kappa shape index (κ3) is 3.26. The van der Waals surface area contributed by atoms with Crippen molar-refractivity contribution >= 4 is 35.1 Å². The largest absolute Gasteiger partial charge is 0.292 e. The van der Waals surface area contributed by atoms with Gasteiger partial charge >= 0.3 is 0 Å². The molecule has 2 fully saturated rings. The number of ketones is 1. The van der Waals surface area contributed by atoms with E-state index >= 15 is 0 Å². The number of allylic oxidation sites excluding steroid dienone is 2. The first kappa shape index (κ1) is 20.6. The van der Waals surface area contributed by atoms with E-state index in [4.69, 9.17) is 11.6 Å². The Morgan fingerprint density at radius 1 is 0.906 bits per heavy atom. The number of hydrazine groups is 1. The molecule has 3 amide bonds. The lowest BCUT2D eigenvalue weighted by molar-refractivity contribution is -0.154. The van der Waals surface area contributed by atoms with Gasteiger partial charge in [-0.05, 0) is 49.4 Å². The van der Waals surface area contributed by atoms with Gasteiger partial charge in [-0.2, -0.15) is 5.01 Å². The Bertz CT molecular complexity index is 1130. The zero-order valence-corrected chi connectivity index (χ0v) is 18.2. The maximum absolute atomic E-state index is 13.4. The van der Waals surface area contributed by atoms with Crippen LogP contribution in [0.15, 0.2) is 60.7 Å². The molecule has 1 heterocycles. The summed E-state index contributed by atoms with van der Waals surface area (Å²) in [6.45, 7) is 1.50. The Hall–Kier alpha value is -3.25. The molecule has 2 aromatic rings. The maximum atomic E-state index is 13.4. The number of halogens is 1. The molecule has 6 nitrogen and oxygen atoms in total. The highest BCUT2D eigenvalue weighted by Crippen LogP contribution is 2.52. The van der Waals surface area contributed by atoms with Crippen molar-refractivity contribution in [1.82, 2.24) is 10.0 Å². The highest BCUT2D eigenvalue weighted by atomic mass is 35.5. The minimum Gasteiger partial charge on any atom is -0.292 e. The molecule has 32 heavy (non-hydrogen) atoms. The van der Waals surface area contributed by atoms with Crippen LogP contribution in [-0.2, 0) is 9.59 Å². The summed E-state index contributed by atoms with van der Waals surface area (Å²) in [4.78, 5) is 53.1. The van der Waals surface area contributed by atoms with Crippen molar-refractivity contribution in [3.05, 3.63) is 82.4 Å². The fourth-order valence-electron chi connectivity index (χ4n) is 5.07. The molecule has 162 valence electrons. The average Bonchev–Trinajstić information content (AvgIpc) is 3.47. The Morgan fingerprint density at radius 2 is 1.44 bits per heavy atom. The first-order valence-corrected chi connectivity index (χ1v) is 11.0. The van der Waals surface area contributed by atoms with Gasteiger partial charge in [0.2, 0.25) is 0 Å². The minimum atomic E-state index is -0.593. The second kappa shape index (κ2) is 7.71. The summed E-state index contributed by atoms with van der Waals surface area (Å²) in [5.74, 6) is -2.68. The molecule has 1 saturated carbocycles. The van der Waals surface area contributed by atoms with E-state index in [1.54, 1.807) is 36.4 Å².